The molecule has 2 amide bonds. The molecule has 2 heterocycles. The molecule has 0 spiro atoms. The molecule has 1 N–H and O–H groups in total. The molecule has 0 radical (unpaired) electrons. The first-order valence-corrected chi connectivity index (χ1v) is 6.66. The highest BCUT2D eigenvalue weighted by atomic mass is 16.2. The summed E-state index contributed by atoms with van der Waals surface area (Å²) in [6.07, 6.45) is 1.59. The van der Waals surface area contributed by atoms with Crippen LogP contribution in [-0.2, 0) is 4.79 Å². The molecule has 1 aromatic carbocycles. The number of carbonyl (C=O) groups excluding carboxylic acids is 2. The first kappa shape index (κ1) is 12.2. The normalized spacial score (nSPS) is 24.6. The highest BCUT2D eigenvalue weighted by molar-refractivity contribution is 6.11. The van der Waals surface area contributed by atoms with Crippen LogP contribution in [0.3, 0.4) is 0 Å². The standard InChI is InChI=1S/C15H18N2O2/c1-9-5-4-6-10-12(9)16-13(18)11-7-8-15(2,3)17(11)14(10)19/h4-6,11H,7-8H2,1-3H3,(H,16,18). The van der Waals surface area contributed by atoms with E-state index in [-0.39, 0.29) is 23.4 Å². The minimum atomic E-state index is -0.339. The molecule has 1 atom stereocenters. The maximum atomic E-state index is 12.8. The molecule has 4 nitrogen and oxygen atoms in total. The topological polar surface area (TPSA) is 49.4 Å². The first-order valence-electron chi connectivity index (χ1n) is 6.66. The minimum Gasteiger partial charge on any atom is -0.323 e. The van der Waals surface area contributed by atoms with E-state index in [2.05, 4.69) is 5.32 Å². The van der Waals surface area contributed by atoms with Gasteiger partial charge in [-0.05, 0) is 45.2 Å². The fourth-order valence-electron chi connectivity index (χ4n) is 3.17. The number of amides is 2. The number of nitrogens with one attached hydrogen (secondary N) is 1. The van der Waals surface area contributed by atoms with Gasteiger partial charge in [0.2, 0.25) is 5.91 Å². The summed E-state index contributed by atoms with van der Waals surface area (Å²) >= 11 is 0. The Morgan fingerprint density at radius 2 is 2.05 bits per heavy atom. The van der Waals surface area contributed by atoms with Crippen LogP contribution in [0.4, 0.5) is 5.69 Å². The maximum absolute atomic E-state index is 12.8. The third-order valence-electron chi connectivity index (χ3n) is 4.27. The van der Waals surface area contributed by atoms with Crippen LogP contribution < -0.4 is 5.32 Å². The quantitative estimate of drug-likeness (QED) is 0.776. The summed E-state index contributed by atoms with van der Waals surface area (Å²) in [5, 5.41) is 2.93. The van der Waals surface area contributed by atoms with Gasteiger partial charge in [-0.1, -0.05) is 12.1 Å². The molecule has 1 saturated heterocycles. The van der Waals surface area contributed by atoms with Crippen molar-refractivity contribution in [3.05, 3.63) is 29.3 Å². The number of hydrogen-bond donors (Lipinski definition) is 1. The second-order valence-corrected chi connectivity index (χ2v) is 6.03. The largest absolute Gasteiger partial charge is 0.323 e. The molecule has 0 bridgehead atoms. The molecular formula is C15H18N2O2. The van der Waals surface area contributed by atoms with Gasteiger partial charge in [-0.25, -0.2) is 0 Å². The van der Waals surface area contributed by atoms with Crippen LogP contribution in [0, 0.1) is 6.92 Å². The van der Waals surface area contributed by atoms with Crippen molar-refractivity contribution in [2.45, 2.75) is 45.2 Å². The Bertz CT molecular complexity index is 578. The molecule has 19 heavy (non-hydrogen) atoms. The molecule has 100 valence electrons. The number of carbonyl (C=O) groups is 2. The van der Waals surface area contributed by atoms with Crippen LogP contribution in [-0.4, -0.2) is 28.3 Å². The monoisotopic (exact) mass is 258 g/mol. The Hall–Kier alpha value is -1.84. The summed E-state index contributed by atoms with van der Waals surface area (Å²) < 4.78 is 0. The van der Waals surface area contributed by atoms with Crippen molar-refractivity contribution in [2.75, 3.05) is 5.32 Å². The van der Waals surface area contributed by atoms with E-state index in [0.717, 1.165) is 18.4 Å². The van der Waals surface area contributed by atoms with Crippen LogP contribution in [0.15, 0.2) is 18.2 Å². The van der Waals surface area contributed by atoms with Crippen LogP contribution in [0.2, 0.25) is 0 Å². The highest BCUT2D eigenvalue weighted by Gasteiger charge is 2.48. The molecule has 1 aromatic rings. The Morgan fingerprint density at radius 1 is 1.32 bits per heavy atom. The van der Waals surface area contributed by atoms with Gasteiger partial charge in [0.25, 0.3) is 5.91 Å². The number of fused-ring (bicyclic) bond motifs is 2. The second kappa shape index (κ2) is 3.83. The lowest BCUT2D eigenvalue weighted by Gasteiger charge is -2.33. The zero-order valence-electron chi connectivity index (χ0n) is 11.5. The van der Waals surface area contributed by atoms with Gasteiger partial charge in [0.05, 0.1) is 11.3 Å². The Labute approximate surface area is 112 Å². The van der Waals surface area contributed by atoms with Crippen LogP contribution in [0.25, 0.3) is 0 Å². The Morgan fingerprint density at radius 3 is 2.79 bits per heavy atom. The maximum Gasteiger partial charge on any atom is 0.257 e. The lowest BCUT2D eigenvalue weighted by molar-refractivity contribution is -0.120. The van der Waals surface area contributed by atoms with Gasteiger partial charge in [0.1, 0.15) is 6.04 Å². The average molecular weight is 258 g/mol. The van der Waals surface area contributed by atoms with Crippen LogP contribution in [0.5, 0.6) is 0 Å². The van der Waals surface area contributed by atoms with Gasteiger partial charge in [0.15, 0.2) is 0 Å². The highest BCUT2D eigenvalue weighted by Crippen LogP contribution is 2.38. The summed E-state index contributed by atoms with van der Waals surface area (Å²) in [7, 11) is 0. The molecule has 1 unspecified atom stereocenters. The number of anilines is 1. The lowest BCUT2D eigenvalue weighted by atomic mass is 10.00. The van der Waals surface area contributed by atoms with Gasteiger partial charge < -0.3 is 10.2 Å². The number of hydrogen-bond acceptors (Lipinski definition) is 2. The van der Waals surface area contributed by atoms with E-state index in [1.54, 1.807) is 11.0 Å². The number of nitrogens with zero attached hydrogens (tertiary/aromatic N) is 1. The molecule has 0 saturated carbocycles. The van der Waals surface area contributed by atoms with E-state index in [4.69, 9.17) is 0 Å². The lowest BCUT2D eigenvalue weighted by Crippen LogP contribution is -2.49. The molecule has 2 aliphatic rings. The van der Waals surface area contributed by atoms with Crippen LogP contribution in [0.1, 0.15) is 42.6 Å². The smallest absolute Gasteiger partial charge is 0.257 e. The second-order valence-electron chi connectivity index (χ2n) is 6.03. The predicted molar refractivity (Wildman–Crippen MR) is 73.1 cm³/mol. The molecule has 3 rings (SSSR count). The number of benzene rings is 1. The molecule has 1 fully saturated rings. The Balaban J connectivity index is 2.18. The predicted octanol–water partition coefficient (Wildman–Crippen LogP) is 2.33. The molecule has 0 aliphatic carbocycles. The van der Waals surface area contributed by atoms with E-state index < -0.39 is 0 Å². The fraction of sp³-hybridized carbons (Fsp3) is 0.467. The van der Waals surface area contributed by atoms with Crippen molar-refractivity contribution in [2.24, 2.45) is 0 Å². The summed E-state index contributed by atoms with van der Waals surface area (Å²) in [5.41, 5.74) is 1.94. The Kier molecular flexibility index (Phi) is 2.46. The third kappa shape index (κ3) is 1.66. The van der Waals surface area contributed by atoms with Crippen LogP contribution >= 0.6 is 0 Å². The van der Waals surface area contributed by atoms with Crippen molar-refractivity contribution in [3.63, 3.8) is 0 Å². The summed E-state index contributed by atoms with van der Waals surface area (Å²) in [6, 6.07) is 5.23. The van der Waals surface area contributed by atoms with E-state index >= 15 is 0 Å². The molecule has 4 heteroatoms. The van der Waals surface area contributed by atoms with Gasteiger partial charge in [-0.15, -0.1) is 0 Å². The third-order valence-corrected chi connectivity index (χ3v) is 4.27. The van der Waals surface area contributed by atoms with Gasteiger partial charge >= 0.3 is 0 Å². The zero-order valence-corrected chi connectivity index (χ0v) is 11.5. The summed E-state index contributed by atoms with van der Waals surface area (Å²) in [4.78, 5) is 26.9. The van der Waals surface area contributed by atoms with E-state index in [0.29, 0.717) is 11.3 Å². The minimum absolute atomic E-state index is 0.0375. The number of para-hydroxylation sites is 1. The first-order chi connectivity index (χ1) is 8.92. The van der Waals surface area contributed by atoms with Crippen molar-refractivity contribution in [1.82, 2.24) is 4.90 Å². The van der Waals surface area contributed by atoms with Gasteiger partial charge in [-0.3, -0.25) is 9.59 Å². The number of aryl methyl sites for hydroxylation is 1. The van der Waals surface area contributed by atoms with Crippen molar-refractivity contribution >= 4 is 17.5 Å². The zero-order chi connectivity index (χ0) is 13.8. The van der Waals surface area contributed by atoms with Gasteiger partial charge in [-0.2, -0.15) is 0 Å². The number of rotatable bonds is 0. The van der Waals surface area contributed by atoms with Gasteiger partial charge in [0, 0.05) is 5.54 Å². The summed E-state index contributed by atoms with van der Waals surface area (Å²) in [5.74, 6) is -0.100. The summed E-state index contributed by atoms with van der Waals surface area (Å²) in [6.45, 7) is 5.96. The average Bonchev–Trinajstić information content (AvgIpc) is 2.60. The van der Waals surface area contributed by atoms with E-state index in [1.165, 1.54) is 0 Å². The van der Waals surface area contributed by atoms with E-state index in [1.807, 2.05) is 32.9 Å². The van der Waals surface area contributed by atoms with E-state index in [9.17, 15) is 9.59 Å². The molecule has 0 aromatic heterocycles. The van der Waals surface area contributed by atoms with Crippen molar-refractivity contribution < 1.29 is 9.59 Å². The molecule has 2 aliphatic heterocycles. The fourth-order valence-corrected chi connectivity index (χ4v) is 3.17. The van der Waals surface area contributed by atoms with Crippen molar-refractivity contribution in [3.8, 4) is 0 Å². The molecular weight excluding hydrogens is 240 g/mol. The van der Waals surface area contributed by atoms with Crippen molar-refractivity contribution in [1.29, 1.82) is 0 Å². The SMILES string of the molecule is Cc1cccc2c1NC(=O)C1CCC(C)(C)N1C2=O.